The summed E-state index contributed by atoms with van der Waals surface area (Å²) in [4.78, 5) is 5.08. The van der Waals surface area contributed by atoms with Gasteiger partial charge in [-0.25, -0.2) is 0 Å². The molecule has 0 aliphatic rings. The summed E-state index contributed by atoms with van der Waals surface area (Å²) in [6.07, 6.45) is 0. The van der Waals surface area contributed by atoms with Crippen molar-refractivity contribution in [2.24, 2.45) is 4.99 Å². The fourth-order valence-corrected chi connectivity index (χ4v) is 4.94. The van der Waals surface area contributed by atoms with Crippen LogP contribution < -0.4 is 0 Å². The van der Waals surface area contributed by atoms with Gasteiger partial charge in [0.05, 0.1) is 5.54 Å². The Bertz CT molecular complexity index is 572. The molecule has 0 bridgehead atoms. The third-order valence-corrected chi connectivity index (χ3v) is 8.16. The third kappa shape index (κ3) is 5.92. The van der Waals surface area contributed by atoms with Crippen molar-refractivity contribution in [3.63, 3.8) is 0 Å². The normalized spacial score (nSPS) is 13.9. The lowest BCUT2D eigenvalue weighted by Crippen LogP contribution is -2.53. The summed E-state index contributed by atoms with van der Waals surface area (Å²) in [5.41, 5.74) is 0.932. The minimum absolute atomic E-state index is 0.0662. The van der Waals surface area contributed by atoms with Crippen molar-refractivity contribution in [3.05, 3.63) is 35.9 Å². The molecule has 0 atom stereocenters. The zero-order valence-corrected chi connectivity index (χ0v) is 18.0. The lowest BCUT2D eigenvalue weighted by Gasteiger charge is -2.43. The Morgan fingerprint density at radius 1 is 0.913 bits per heavy atom. The summed E-state index contributed by atoms with van der Waals surface area (Å²) in [6.45, 7) is 19.9. The Kier molecular flexibility index (Phi) is 6.08. The molecule has 0 saturated carbocycles. The van der Waals surface area contributed by atoms with Gasteiger partial charge in [-0.05, 0) is 46.6 Å². The molecule has 0 N–H and O–H groups in total. The smallest absolute Gasteiger partial charge is 0.218 e. The second-order valence-electron chi connectivity index (χ2n) is 9.03. The lowest BCUT2D eigenvalue weighted by molar-refractivity contribution is 0.345. The van der Waals surface area contributed by atoms with Crippen LogP contribution in [-0.2, 0) is 0 Å². The molecule has 0 aromatic heterocycles. The highest BCUT2D eigenvalue weighted by atomic mass is 32.2. The van der Waals surface area contributed by atoms with E-state index in [1.165, 1.54) is 0 Å². The van der Waals surface area contributed by atoms with Gasteiger partial charge in [-0.15, -0.1) is 11.6 Å². The Morgan fingerprint density at radius 3 is 1.74 bits per heavy atom. The molecule has 4 heteroatoms. The Morgan fingerprint density at radius 2 is 1.39 bits per heavy atom. The molecule has 0 fully saturated rings. The highest BCUT2D eigenvalue weighted by molar-refractivity contribution is 7.88. The van der Waals surface area contributed by atoms with E-state index in [-0.39, 0.29) is 16.1 Å². The molecular weight excluding hydrogens is 316 g/mol. The van der Waals surface area contributed by atoms with E-state index in [0.29, 0.717) is 0 Å². The van der Waals surface area contributed by atoms with Crippen LogP contribution in [0.5, 0.6) is 0 Å². The van der Waals surface area contributed by atoms with Crippen molar-refractivity contribution in [2.45, 2.75) is 78.4 Å². The molecule has 0 aliphatic heterocycles. The lowest BCUT2D eigenvalue weighted by atomic mass is 10.1. The van der Waals surface area contributed by atoms with Crippen molar-refractivity contribution in [3.8, 4) is 0 Å². The van der Waals surface area contributed by atoms with E-state index in [4.69, 9.17) is 16.6 Å². The van der Waals surface area contributed by atoms with Crippen LogP contribution in [0.1, 0.15) is 67.9 Å². The number of hydrogen-bond acceptors (Lipinski definition) is 2. The van der Waals surface area contributed by atoms with Gasteiger partial charge < -0.3 is 4.57 Å². The minimum atomic E-state index is -1.23. The van der Waals surface area contributed by atoms with Gasteiger partial charge in [0.2, 0.25) is 7.67 Å². The van der Waals surface area contributed by atoms with E-state index < -0.39 is 7.67 Å². The number of benzene rings is 1. The van der Waals surface area contributed by atoms with E-state index in [1.807, 2.05) is 6.07 Å². The van der Waals surface area contributed by atoms with Crippen LogP contribution in [0.25, 0.3) is 0 Å². The Labute approximate surface area is 149 Å². The number of hydrogen-bond donors (Lipinski definition) is 0. The molecule has 0 unspecified atom stereocenters. The van der Waals surface area contributed by atoms with Crippen molar-refractivity contribution in [1.82, 2.24) is 4.57 Å². The maximum atomic E-state index is 6.06. The molecule has 0 radical (unpaired) electrons. The first-order chi connectivity index (χ1) is 10.2. The maximum Gasteiger partial charge on any atom is 0.218 e. The standard InChI is InChI=1S/C19H32N2SSi/c1-17(2,3)20-16(15-13-11-10-12-14-15)21(18(4,5)6)23(22)19(7,8)9/h10-14H,1-9H3. The largest absolute Gasteiger partial charge is 0.349 e. The molecule has 0 amide bonds. The van der Waals surface area contributed by atoms with Crippen LogP contribution in [0.15, 0.2) is 35.3 Å². The van der Waals surface area contributed by atoms with Crippen LogP contribution in [0.3, 0.4) is 0 Å². The molecular formula is C19H32N2SSi. The van der Waals surface area contributed by atoms with E-state index in [0.717, 1.165) is 11.4 Å². The van der Waals surface area contributed by atoms with E-state index in [1.54, 1.807) is 0 Å². The minimum Gasteiger partial charge on any atom is -0.349 e. The van der Waals surface area contributed by atoms with Crippen molar-refractivity contribution < 1.29 is 0 Å². The highest BCUT2D eigenvalue weighted by Gasteiger charge is 2.36. The van der Waals surface area contributed by atoms with Crippen molar-refractivity contribution in [2.75, 3.05) is 0 Å². The van der Waals surface area contributed by atoms with Crippen LogP contribution in [0.4, 0.5) is 0 Å². The van der Waals surface area contributed by atoms with Gasteiger partial charge in [0, 0.05) is 11.1 Å². The van der Waals surface area contributed by atoms with Crippen LogP contribution in [-0.4, -0.2) is 29.1 Å². The van der Waals surface area contributed by atoms with Gasteiger partial charge >= 0.3 is 0 Å². The van der Waals surface area contributed by atoms with Crippen LogP contribution in [0, 0.1) is 0 Å². The number of amidine groups is 1. The molecule has 128 valence electrons. The topological polar surface area (TPSA) is 15.6 Å². The summed E-state index contributed by atoms with van der Waals surface area (Å²) >= 11 is 6.06. The quantitative estimate of drug-likeness (QED) is 0.380. The van der Waals surface area contributed by atoms with Gasteiger partial charge in [0.25, 0.3) is 0 Å². The first-order valence-corrected chi connectivity index (χ1v) is 10.8. The summed E-state index contributed by atoms with van der Waals surface area (Å²) in [5, 5.41) is 0.0840. The molecule has 2 nitrogen and oxygen atoms in total. The number of aliphatic imine (C=N–C) groups is 1. The predicted molar refractivity (Wildman–Crippen MR) is 107 cm³/mol. The van der Waals surface area contributed by atoms with Gasteiger partial charge in [0.15, 0.2) is 0 Å². The van der Waals surface area contributed by atoms with Crippen LogP contribution >= 0.6 is 11.6 Å². The van der Waals surface area contributed by atoms with Crippen molar-refractivity contribution in [1.29, 1.82) is 0 Å². The fourth-order valence-electron chi connectivity index (χ4n) is 2.20. The second kappa shape index (κ2) is 6.94. The fraction of sp³-hybridized carbons (Fsp3) is 0.632. The third-order valence-electron chi connectivity index (χ3n) is 3.20. The average molecular weight is 349 g/mol. The van der Waals surface area contributed by atoms with Gasteiger partial charge in [-0.2, -0.15) is 0 Å². The first-order valence-electron chi connectivity index (χ1n) is 8.23. The average Bonchev–Trinajstić information content (AvgIpc) is 2.34. The number of rotatable bonds is 2. The van der Waals surface area contributed by atoms with Gasteiger partial charge in [-0.1, -0.05) is 51.1 Å². The van der Waals surface area contributed by atoms with E-state index in [9.17, 15) is 0 Å². The first kappa shape index (κ1) is 20.2. The van der Waals surface area contributed by atoms with E-state index in [2.05, 4.69) is 91.1 Å². The summed E-state index contributed by atoms with van der Waals surface area (Å²) < 4.78 is 2.41. The van der Waals surface area contributed by atoms with E-state index >= 15 is 0 Å². The highest BCUT2D eigenvalue weighted by Crippen LogP contribution is 2.32. The molecule has 0 spiro atoms. The van der Waals surface area contributed by atoms with Gasteiger partial charge in [-0.3, -0.25) is 4.99 Å². The Balaban J connectivity index is 3.59. The molecule has 1 rings (SSSR count). The monoisotopic (exact) mass is 348 g/mol. The van der Waals surface area contributed by atoms with Crippen LogP contribution in [0.2, 0.25) is 5.04 Å². The summed E-state index contributed by atoms with van der Waals surface area (Å²) in [6, 6.07) is 10.5. The van der Waals surface area contributed by atoms with Crippen molar-refractivity contribution >= 4 is 25.1 Å². The molecule has 1 aromatic rings. The molecule has 23 heavy (non-hydrogen) atoms. The van der Waals surface area contributed by atoms with Gasteiger partial charge in [0.1, 0.15) is 5.84 Å². The summed E-state index contributed by atoms with van der Waals surface area (Å²) in [5.74, 6) is 1.03. The zero-order valence-electron chi connectivity index (χ0n) is 16.2. The zero-order chi connectivity index (χ0) is 18.1. The molecule has 1 aromatic carbocycles. The predicted octanol–water partition coefficient (Wildman–Crippen LogP) is 5.82. The molecule has 0 heterocycles. The Hall–Kier alpha value is -0.873. The number of nitrogens with zero attached hydrogens (tertiary/aromatic N) is 2. The maximum absolute atomic E-state index is 6.06. The summed E-state index contributed by atoms with van der Waals surface area (Å²) in [7, 11) is -1.23. The molecule has 0 aliphatic carbocycles. The second-order valence-corrected chi connectivity index (χ2v) is 12.8. The SMILES string of the molecule is CC(C)(C)N=C(c1ccccc1)N([Si](=S)C(C)(C)C)C(C)(C)C. The molecule has 0 saturated heterocycles.